The van der Waals surface area contributed by atoms with E-state index in [1.807, 2.05) is 0 Å². The monoisotopic (exact) mass is 595 g/mol. The van der Waals surface area contributed by atoms with E-state index in [2.05, 4.69) is 26.0 Å². The van der Waals surface area contributed by atoms with E-state index < -0.39 is 6.10 Å². The van der Waals surface area contributed by atoms with E-state index in [1.54, 1.807) is 0 Å². The Morgan fingerprint density at radius 1 is 0.524 bits per heavy atom. The molecule has 0 saturated heterocycles. The second-order valence-corrected chi connectivity index (χ2v) is 12.3. The van der Waals surface area contributed by atoms with Crippen molar-refractivity contribution >= 4 is 11.9 Å². The lowest BCUT2D eigenvalue weighted by Gasteiger charge is -2.15. The summed E-state index contributed by atoms with van der Waals surface area (Å²) in [6.45, 7) is 4.13. The zero-order valence-electron chi connectivity index (χ0n) is 28.0. The second kappa shape index (κ2) is 34.1. The molecule has 0 radical (unpaired) electrons. The average Bonchev–Trinajstić information content (AvgIpc) is 2.99. The number of allylic oxidation sites excluding steroid dienone is 2. The number of hydrogen-bond acceptors (Lipinski definition) is 5. The molecule has 0 aromatic rings. The zero-order valence-corrected chi connectivity index (χ0v) is 28.0. The van der Waals surface area contributed by atoms with Gasteiger partial charge in [-0.1, -0.05) is 154 Å². The lowest BCUT2D eigenvalue weighted by molar-refractivity contribution is -0.161. The second-order valence-electron chi connectivity index (χ2n) is 12.3. The van der Waals surface area contributed by atoms with E-state index in [1.165, 1.54) is 122 Å². The van der Waals surface area contributed by atoms with Gasteiger partial charge in [0.2, 0.25) is 0 Å². The maximum absolute atomic E-state index is 12.1. The molecule has 0 aliphatic heterocycles. The van der Waals surface area contributed by atoms with E-state index in [0.29, 0.717) is 12.8 Å². The maximum Gasteiger partial charge on any atom is 0.306 e. The van der Waals surface area contributed by atoms with E-state index in [0.717, 1.165) is 44.9 Å². The Morgan fingerprint density at radius 2 is 0.881 bits per heavy atom. The number of carbonyl (C=O) groups excluding carboxylic acids is 2. The fourth-order valence-electron chi connectivity index (χ4n) is 5.25. The minimum atomic E-state index is -0.767. The van der Waals surface area contributed by atoms with Crippen LogP contribution in [0.5, 0.6) is 0 Å². The summed E-state index contributed by atoms with van der Waals surface area (Å²) in [6.07, 6.45) is 36.9. The summed E-state index contributed by atoms with van der Waals surface area (Å²) >= 11 is 0. The van der Waals surface area contributed by atoms with Crippen molar-refractivity contribution in [1.82, 2.24) is 0 Å². The highest BCUT2D eigenvalue weighted by molar-refractivity contribution is 5.70. The van der Waals surface area contributed by atoms with Crippen LogP contribution in [0, 0.1) is 0 Å². The molecule has 0 aromatic carbocycles. The number of hydrogen-bond donors (Lipinski definition) is 1. The van der Waals surface area contributed by atoms with Crippen molar-refractivity contribution in [2.75, 3.05) is 13.2 Å². The van der Waals surface area contributed by atoms with E-state index in [9.17, 15) is 14.7 Å². The average molecular weight is 595 g/mol. The molecule has 0 amide bonds. The van der Waals surface area contributed by atoms with Crippen LogP contribution in [0.1, 0.15) is 194 Å². The van der Waals surface area contributed by atoms with E-state index in [4.69, 9.17) is 9.47 Å². The van der Waals surface area contributed by atoms with Crippen molar-refractivity contribution in [3.05, 3.63) is 12.2 Å². The Bertz CT molecular complexity index is 603. The standard InChI is InChI=1S/C37H70O5/c1-3-5-7-9-11-13-15-17-18-20-22-24-26-28-30-32-37(40)42-35(33-38)34-41-36(39)31-29-27-25-23-21-19-16-14-12-10-8-6-4-2/h17-18,35,38H,3-16,19-34H2,1-2H3/t35-/m0/s1. The predicted octanol–water partition coefficient (Wildman–Crippen LogP) is 11.0. The Labute approximate surface area is 261 Å². The first-order chi connectivity index (χ1) is 20.6. The summed E-state index contributed by atoms with van der Waals surface area (Å²) in [5.41, 5.74) is 0. The SMILES string of the molecule is CCCCCCCCC=CCCCCCCCC(=O)O[C@@H](CO)COC(=O)CCCCCCCCCCCCCCC. The summed E-state index contributed by atoms with van der Waals surface area (Å²) in [5.74, 6) is -0.593. The molecule has 0 unspecified atom stereocenters. The normalized spacial score (nSPS) is 12.2. The minimum Gasteiger partial charge on any atom is -0.462 e. The van der Waals surface area contributed by atoms with Crippen LogP contribution in [0.4, 0.5) is 0 Å². The van der Waals surface area contributed by atoms with E-state index in [-0.39, 0.29) is 25.2 Å². The largest absolute Gasteiger partial charge is 0.462 e. The van der Waals surface area contributed by atoms with Gasteiger partial charge in [-0.15, -0.1) is 0 Å². The maximum atomic E-state index is 12.1. The predicted molar refractivity (Wildman–Crippen MR) is 178 cm³/mol. The summed E-state index contributed by atoms with van der Waals surface area (Å²) in [6, 6.07) is 0. The molecule has 0 aliphatic rings. The topological polar surface area (TPSA) is 72.8 Å². The van der Waals surface area contributed by atoms with Crippen molar-refractivity contribution in [1.29, 1.82) is 0 Å². The third kappa shape index (κ3) is 31.6. The Morgan fingerprint density at radius 3 is 1.29 bits per heavy atom. The highest BCUT2D eigenvalue weighted by atomic mass is 16.6. The van der Waals surface area contributed by atoms with Gasteiger partial charge < -0.3 is 14.6 Å². The fraction of sp³-hybridized carbons (Fsp3) is 0.892. The molecule has 42 heavy (non-hydrogen) atoms. The number of aliphatic hydroxyl groups is 1. The molecular weight excluding hydrogens is 524 g/mol. The van der Waals surface area contributed by atoms with Gasteiger partial charge in [-0.05, 0) is 38.5 Å². The molecule has 1 N–H and O–H groups in total. The van der Waals surface area contributed by atoms with Gasteiger partial charge in [-0.2, -0.15) is 0 Å². The summed E-state index contributed by atoms with van der Waals surface area (Å²) in [4.78, 5) is 24.1. The van der Waals surface area contributed by atoms with Crippen LogP contribution < -0.4 is 0 Å². The summed E-state index contributed by atoms with van der Waals surface area (Å²) in [5, 5.41) is 9.52. The number of aliphatic hydroxyl groups excluding tert-OH is 1. The first-order valence-electron chi connectivity index (χ1n) is 18.2. The molecule has 0 aromatic heterocycles. The zero-order chi connectivity index (χ0) is 30.8. The van der Waals surface area contributed by atoms with Crippen LogP contribution in [-0.2, 0) is 19.1 Å². The van der Waals surface area contributed by atoms with Gasteiger partial charge in [0.1, 0.15) is 6.61 Å². The van der Waals surface area contributed by atoms with Crippen molar-refractivity contribution in [2.24, 2.45) is 0 Å². The molecule has 0 heterocycles. The molecule has 1 atom stereocenters. The number of esters is 2. The number of carbonyl (C=O) groups is 2. The molecule has 0 fully saturated rings. The molecule has 248 valence electrons. The van der Waals surface area contributed by atoms with E-state index >= 15 is 0 Å². The van der Waals surface area contributed by atoms with Gasteiger partial charge in [-0.25, -0.2) is 0 Å². The van der Waals surface area contributed by atoms with Crippen LogP contribution in [-0.4, -0.2) is 36.4 Å². The smallest absolute Gasteiger partial charge is 0.306 e. The van der Waals surface area contributed by atoms with Gasteiger partial charge in [0.25, 0.3) is 0 Å². The molecule has 0 bridgehead atoms. The van der Waals surface area contributed by atoms with Crippen LogP contribution in [0.3, 0.4) is 0 Å². The lowest BCUT2D eigenvalue weighted by Crippen LogP contribution is -2.28. The van der Waals surface area contributed by atoms with Gasteiger partial charge >= 0.3 is 11.9 Å². The summed E-state index contributed by atoms with van der Waals surface area (Å²) in [7, 11) is 0. The molecule has 0 aliphatic carbocycles. The van der Waals surface area contributed by atoms with Crippen molar-refractivity contribution in [3.8, 4) is 0 Å². The minimum absolute atomic E-state index is 0.0636. The first-order valence-corrected chi connectivity index (χ1v) is 18.2. The van der Waals surface area contributed by atoms with Crippen molar-refractivity contribution in [3.63, 3.8) is 0 Å². The van der Waals surface area contributed by atoms with Gasteiger partial charge in [-0.3, -0.25) is 9.59 Å². The quantitative estimate of drug-likeness (QED) is 0.0465. The molecule has 0 rings (SSSR count). The molecule has 0 spiro atoms. The third-order valence-electron chi connectivity index (χ3n) is 8.06. The highest BCUT2D eigenvalue weighted by Crippen LogP contribution is 2.14. The molecule has 5 nitrogen and oxygen atoms in total. The fourth-order valence-corrected chi connectivity index (χ4v) is 5.25. The van der Waals surface area contributed by atoms with Crippen LogP contribution in [0.25, 0.3) is 0 Å². The third-order valence-corrected chi connectivity index (χ3v) is 8.06. The molecular formula is C37H70O5. The van der Waals surface area contributed by atoms with Crippen molar-refractivity contribution in [2.45, 2.75) is 200 Å². The number of unbranched alkanes of at least 4 members (excludes halogenated alkanes) is 23. The van der Waals surface area contributed by atoms with Gasteiger partial charge in [0, 0.05) is 12.8 Å². The lowest BCUT2D eigenvalue weighted by atomic mass is 10.0. The Balaban J connectivity index is 3.55. The highest BCUT2D eigenvalue weighted by Gasteiger charge is 2.16. The van der Waals surface area contributed by atoms with Crippen LogP contribution in [0.15, 0.2) is 12.2 Å². The number of rotatable bonds is 33. The Hall–Kier alpha value is -1.36. The first kappa shape index (κ1) is 40.6. The van der Waals surface area contributed by atoms with Gasteiger partial charge in [0.15, 0.2) is 6.10 Å². The van der Waals surface area contributed by atoms with Crippen molar-refractivity contribution < 1.29 is 24.2 Å². The summed E-state index contributed by atoms with van der Waals surface area (Å²) < 4.78 is 10.6. The molecule has 5 heteroatoms. The van der Waals surface area contributed by atoms with Crippen LogP contribution in [0.2, 0.25) is 0 Å². The number of ether oxygens (including phenoxy) is 2. The van der Waals surface area contributed by atoms with Crippen LogP contribution >= 0.6 is 0 Å². The Kier molecular flexibility index (Phi) is 33.0. The van der Waals surface area contributed by atoms with Gasteiger partial charge in [0.05, 0.1) is 6.61 Å². The molecule has 0 saturated carbocycles.